The van der Waals surface area contributed by atoms with Crippen molar-refractivity contribution in [3.63, 3.8) is 0 Å². The minimum absolute atomic E-state index is 0.0605. The van der Waals surface area contributed by atoms with Crippen molar-refractivity contribution < 1.29 is 23.5 Å². The van der Waals surface area contributed by atoms with Crippen molar-refractivity contribution >= 4 is 46.6 Å². The van der Waals surface area contributed by atoms with Gasteiger partial charge in [0, 0.05) is 17.8 Å². The molecular weight excluding hydrogens is 395 g/mol. The van der Waals surface area contributed by atoms with Gasteiger partial charge in [0.1, 0.15) is 17.3 Å². The van der Waals surface area contributed by atoms with Crippen LogP contribution in [0.2, 0.25) is 5.02 Å². The molecule has 27 heavy (non-hydrogen) atoms. The Hall–Kier alpha value is -2.45. The van der Waals surface area contributed by atoms with Crippen molar-refractivity contribution in [3.8, 4) is 11.5 Å². The fourth-order valence-electron chi connectivity index (χ4n) is 2.11. The van der Waals surface area contributed by atoms with Crippen LogP contribution in [0.5, 0.6) is 11.5 Å². The van der Waals surface area contributed by atoms with E-state index in [1.807, 2.05) is 0 Å². The lowest BCUT2D eigenvalue weighted by Gasteiger charge is -2.13. The predicted octanol–water partition coefficient (Wildman–Crippen LogP) is 3.81. The van der Waals surface area contributed by atoms with Gasteiger partial charge in [0.15, 0.2) is 0 Å². The Labute approximate surface area is 165 Å². The third-order valence-corrected chi connectivity index (χ3v) is 4.57. The number of halogens is 2. The molecule has 0 heterocycles. The summed E-state index contributed by atoms with van der Waals surface area (Å²) in [6, 6.07) is 8.54. The topological polar surface area (TPSA) is 76.7 Å². The Morgan fingerprint density at radius 3 is 2.19 bits per heavy atom. The molecule has 2 aromatic rings. The molecule has 0 aliphatic heterocycles. The number of benzene rings is 2. The number of anilines is 2. The van der Waals surface area contributed by atoms with Crippen molar-refractivity contribution in [3.05, 3.63) is 47.2 Å². The fraction of sp³-hybridized carbons (Fsp3) is 0.222. The molecule has 0 spiro atoms. The highest BCUT2D eigenvalue weighted by Gasteiger charge is 2.13. The molecule has 2 rings (SSSR count). The van der Waals surface area contributed by atoms with E-state index in [0.29, 0.717) is 27.9 Å². The van der Waals surface area contributed by atoms with Crippen LogP contribution in [0.1, 0.15) is 0 Å². The molecule has 0 fully saturated rings. The normalized spacial score (nSPS) is 10.2. The number of carbonyl (C=O) groups excluding carboxylic acids is 2. The summed E-state index contributed by atoms with van der Waals surface area (Å²) in [5.74, 6) is -0.0421. The van der Waals surface area contributed by atoms with Gasteiger partial charge in [0.2, 0.25) is 11.8 Å². The van der Waals surface area contributed by atoms with Crippen molar-refractivity contribution in [2.24, 2.45) is 0 Å². The van der Waals surface area contributed by atoms with Crippen LogP contribution in [-0.2, 0) is 9.59 Å². The fourth-order valence-corrected chi connectivity index (χ4v) is 2.96. The summed E-state index contributed by atoms with van der Waals surface area (Å²) in [6.45, 7) is 0. The molecule has 0 radical (unpaired) electrons. The van der Waals surface area contributed by atoms with Crippen LogP contribution < -0.4 is 20.1 Å². The number of carbonyl (C=O) groups is 2. The van der Waals surface area contributed by atoms with Gasteiger partial charge in [0.25, 0.3) is 0 Å². The molecule has 0 unspecified atom stereocenters. The molecule has 0 bridgehead atoms. The number of nitrogens with one attached hydrogen (secondary N) is 2. The highest BCUT2D eigenvalue weighted by molar-refractivity contribution is 8.00. The lowest BCUT2D eigenvalue weighted by molar-refractivity contribution is -0.114. The zero-order valence-electron chi connectivity index (χ0n) is 14.7. The smallest absolute Gasteiger partial charge is 0.234 e. The standard InChI is InChI=1S/C18H18ClFN2O4S/c1-25-15-8-14(16(26-2)7-13(15)19)22-18(24)10-27-9-17(23)21-12-5-3-11(20)4-6-12/h3-8H,9-10H2,1-2H3,(H,21,23)(H,22,24). The van der Waals surface area contributed by atoms with Gasteiger partial charge in [-0.15, -0.1) is 11.8 Å². The SMILES string of the molecule is COc1cc(NC(=O)CSCC(=O)Nc2ccc(F)cc2)c(OC)cc1Cl. The summed E-state index contributed by atoms with van der Waals surface area (Å²) < 4.78 is 23.1. The van der Waals surface area contributed by atoms with Crippen LogP contribution in [0.25, 0.3) is 0 Å². The van der Waals surface area contributed by atoms with Crippen LogP contribution in [0, 0.1) is 5.82 Å². The molecule has 144 valence electrons. The van der Waals surface area contributed by atoms with Gasteiger partial charge >= 0.3 is 0 Å². The second kappa shape index (κ2) is 10.0. The van der Waals surface area contributed by atoms with Gasteiger partial charge in [-0.3, -0.25) is 9.59 Å². The Morgan fingerprint density at radius 2 is 1.59 bits per heavy atom. The van der Waals surface area contributed by atoms with Crippen LogP contribution in [0.3, 0.4) is 0 Å². The highest BCUT2D eigenvalue weighted by atomic mass is 35.5. The predicted molar refractivity (Wildman–Crippen MR) is 106 cm³/mol. The Morgan fingerprint density at radius 1 is 1.00 bits per heavy atom. The molecule has 0 aliphatic carbocycles. The van der Waals surface area contributed by atoms with Gasteiger partial charge < -0.3 is 20.1 Å². The molecule has 2 aromatic carbocycles. The first-order valence-electron chi connectivity index (χ1n) is 7.77. The Bertz CT molecular complexity index is 818. The van der Waals surface area contributed by atoms with E-state index >= 15 is 0 Å². The number of rotatable bonds is 8. The number of hydrogen-bond donors (Lipinski definition) is 2. The number of ether oxygens (including phenoxy) is 2. The first-order valence-corrected chi connectivity index (χ1v) is 9.30. The van der Waals surface area contributed by atoms with Crippen LogP contribution in [0.15, 0.2) is 36.4 Å². The molecule has 0 aromatic heterocycles. The van der Waals surface area contributed by atoms with E-state index in [9.17, 15) is 14.0 Å². The third-order valence-electron chi connectivity index (χ3n) is 3.34. The molecular formula is C18H18ClFN2O4S. The quantitative estimate of drug-likeness (QED) is 0.689. The van der Waals surface area contributed by atoms with Gasteiger partial charge in [-0.05, 0) is 24.3 Å². The van der Waals surface area contributed by atoms with E-state index < -0.39 is 0 Å². The summed E-state index contributed by atoms with van der Waals surface area (Å²) in [6.07, 6.45) is 0. The second-order valence-corrected chi connectivity index (χ2v) is 6.68. The second-order valence-electron chi connectivity index (χ2n) is 5.28. The number of thioether (sulfide) groups is 1. The van der Waals surface area contributed by atoms with E-state index in [1.54, 1.807) is 12.1 Å². The summed E-state index contributed by atoms with van der Waals surface area (Å²) >= 11 is 7.16. The molecule has 2 N–H and O–H groups in total. The Balaban J connectivity index is 1.84. The van der Waals surface area contributed by atoms with Gasteiger partial charge in [-0.2, -0.15) is 0 Å². The average Bonchev–Trinajstić information content (AvgIpc) is 2.64. The maximum atomic E-state index is 12.8. The lowest BCUT2D eigenvalue weighted by Crippen LogP contribution is -2.18. The summed E-state index contributed by atoms with van der Waals surface area (Å²) in [4.78, 5) is 24.0. The first kappa shape index (κ1) is 20.9. The van der Waals surface area contributed by atoms with Gasteiger partial charge in [-0.25, -0.2) is 4.39 Å². The monoisotopic (exact) mass is 412 g/mol. The highest BCUT2D eigenvalue weighted by Crippen LogP contribution is 2.35. The molecule has 2 amide bonds. The molecule has 0 saturated heterocycles. The maximum Gasteiger partial charge on any atom is 0.234 e. The van der Waals surface area contributed by atoms with Crippen LogP contribution >= 0.6 is 23.4 Å². The number of amides is 2. The zero-order valence-corrected chi connectivity index (χ0v) is 16.2. The number of hydrogen-bond acceptors (Lipinski definition) is 5. The zero-order chi connectivity index (χ0) is 19.8. The third kappa shape index (κ3) is 6.33. The van der Waals surface area contributed by atoms with Crippen LogP contribution in [0.4, 0.5) is 15.8 Å². The van der Waals surface area contributed by atoms with E-state index in [1.165, 1.54) is 38.5 Å². The van der Waals surface area contributed by atoms with E-state index in [-0.39, 0.29) is 29.1 Å². The Kier molecular flexibility index (Phi) is 7.75. The minimum Gasteiger partial charge on any atom is -0.495 e. The van der Waals surface area contributed by atoms with E-state index in [4.69, 9.17) is 21.1 Å². The van der Waals surface area contributed by atoms with E-state index in [0.717, 1.165) is 11.8 Å². The number of methoxy groups -OCH3 is 2. The maximum absolute atomic E-state index is 12.8. The van der Waals surface area contributed by atoms with Gasteiger partial charge in [0.05, 0.1) is 36.4 Å². The summed E-state index contributed by atoms with van der Waals surface area (Å²) in [5, 5.41) is 5.68. The first-order chi connectivity index (χ1) is 12.9. The molecule has 0 saturated carbocycles. The molecule has 6 nitrogen and oxygen atoms in total. The van der Waals surface area contributed by atoms with Crippen molar-refractivity contribution in [2.45, 2.75) is 0 Å². The van der Waals surface area contributed by atoms with Crippen molar-refractivity contribution in [2.75, 3.05) is 36.4 Å². The van der Waals surface area contributed by atoms with Gasteiger partial charge in [-0.1, -0.05) is 11.6 Å². The largest absolute Gasteiger partial charge is 0.495 e. The molecule has 0 atom stereocenters. The van der Waals surface area contributed by atoms with Crippen molar-refractivity contribution in [1.29, 1.82) is 0 Å². The summed E-state index contributed by atoms with van der Waals surface area (Å²) in [7, 11) is 2.93. The van der Waals surface area contributed by atoms with Crippen molar-refractivity contribution in [1.82, 2.24) is 0 Å². The molecule has 0 aliphatic rings. The minimum atomic E-state index is -0.381. The molecule has 9 heteroatoms. The lowest BCUT2D eigenvalue weighted by atomic mass is 10.2. The van der Waals surface area contributed by atoms with E-state index in [2.05, 4.69) is 10.6 Å². The summed E-state index contributed by atoms with van der Waals surface area (Å²) in [5.41, 5.74) is 0.907. The average molecular weight is 413 g/mol. The van der Waals surface area contributed by atoms with Crippen LogP contribution in [-0.4, -0.2) is 37.5 Å².